The fraction of sp³-hybridized carbons (Fsp3) is 0.320. The van der Waals surface area contributed by atoms with Gasteiger partial charge in [0.1, 0.15) is 24.3 Å². The summed E-state index contributed by atoms with van der Waals surface area (Å²) in [5.41, 5.74) is 3.44. The fourth-order valence-electron chi connectivity index (χ4n) is 3.53. The van der Waals surface area contributed by atoms with Crippen LogP contribution >= 0.6 is 23.2 Å². The molecule has 0 fully saturated rings. The number of halogens is 2. The third kappa shape index (κ3) is 7.07. The summed E-state index contributed by atoms with van der Waals surface area (Å²) in [4.78, 5) is 8.34. The van der Waals surface area contributed by atoms with Gasteiger partial charge in [-0.2, -0.15) is 5.26 Å². The minimum atomic E-state index is -3.20. The van der Waals surface area contributed by atoms with Crippen molar-refractivity contribution in [2.45, 2.75) is 31.6 Å². The highest BCUT2D eigenvalue weighted by molar-refractivity contribution is 7.89. The zero-order valence-corrected chi connectivity index (χ0v) is 22.0. The van der Waals surface area contributed by atoms with E-state index in [1.54, 1.807) is 18.3 Å². The van der Waals surface area contributed by atoms with Gasteiger partial charge in [-0.25, -0.2) is 18.4 Å². The van der Waals surface area contributed by atoms with E-state index < -0.39 is 15.3 Å². The molecule has 0 spiro atoms. The monoisotopic (exact) mass is 532 g/mol. The first-order valence-corrected chi connectivity index (χ1v) is 13.8. The van der Waals surface area contributed by atoms with Gasteiger partial charge in [0.25, 0.3) is 0 Å². The number of nitriles is 1. The molecule has 0 saturated carbocycles. The molecule has 0 unspecified atom stereocenters. The van der Waals surface area contributed by atoms with Crippen molar-refractivity contribution in [3.05, 3.63) is 81.9 Å². The van der Waals surface area contributed by atoms with Crippen molar-refractivity contribution in [1.29, 1.82) is 5.26 Å². The predicted molar refractivity (Wildman–Crippen MR) is 139 cm³/mol. The summed E-state index contributed by atoms with van der Waals surface area (Å²) < 4.78 is 28.5. The van der Waals surface area contributed by atoms with Crippen molar-refractivity contribution in [2.24, 2.45) is 0 Å². The minimum Gasteiger partial charge on any atom is -0.489 e. The number of nitrogens with one attached hydrogen (secondary N) is 1. The molecule has 7 nitrogen and oxygen atoms in total. The molecule has 0 amide bonds. The van der Waals surface area contributed by atoms with Gasteiger partial charge in [-0.05, 0) is 41.5 Å². The third-order valence-corrected chi connectivity index (χ3v) is 6.66. The number of nitrogens with zero attached hydrogens (tertiary/aromatic N) is 3. The first-order valence-electron chi connectivity index (χ1n) is 10.8. The first-order chi connectivity index (χ1) is 16.5. The Morgan fingerprint density at radius 1 is 1.14 bits per heavy atom. The number of benzene rings is 2. The summed E-state index contributed by atoms with van der Waals surface area (Å²) in [6.45, 7) is 4.81. The molecule has 1 N–H and O–H groups in total. The van der Waals surface area contributed by atoms with E-state index in [2.05, 4.69) is 35.2 Å². The van der Waals surface area contributed by atoms with Crippen LogP contribution in [-0.4, -0.2) is 37.1 Å². The van der Waals surface area contributed by atoms with Gasteiger partial charge in [0, 0.05) is 23.6 Å². The molecule has 1 aromatic heterocycles. The van der Waals surface area contributed by atoms with Crippen molar-refractivity contribution in [3.63, 3.8) is 0 Å². The van der Waals surface area contributed by atoms with Crippen molar-refractivity contribution in [2.75, 3.05) is 24.1 Å². The van der Waals surface area contributed by atoms with Gasteiger partial charge in [-0.3, -0.25) is 0 Å². The zero-order valence-electron chi connectivity index (χ0n) is 19.7. The van der Waals surface area contributed by atoms with Gasteiger partial charge >= 0.3 is 0 Å². The molecule has 0 aliphatic carbocycles. The van der Waals surface area contributed by atoms with Crippen LogP contribution in [0.5, 0.6) is 5.75 Å². The highest BCUT2D eigenvalue weighted by Crippen LogP contribution is 2.38. The third-order valence-electron chi connectivity index (χ3n) is 5.44. The van der Waals surface area contributed by atoms with Crippen LogP contribution in [0.3, 0.4) is 0 Å². The average Bonchev–Trinajstić information content (AvgIpc) is 2.81. The van der Waals surface area contributed by atoms with Gasteiger partial charge in [-0.1, -0.05) is 37.6 Å². The molecular formula is C25H26Cl2N4O3S. The quantitative estimate of drug-likeness (QED) is 0.362. The maximum absolute atomic E-state index is 11.5. The van der Waals surface area contributed by atoms with Crippen molar-refractivity contribution in [3.8, 4) is 11.8 Å². The van der Waals surface area contributed by atoms with Crippen LogP contribution in [0.1, 0.15) is 42.1 Å². The first kappa shape index (κ1) is 26.7. The standard InChI is InChI=1S/C25H26Cl2N4O3S/c1-25(2,19-12-17(14-28)24(22(27)13-19)34-11-9-26)18-4-6-20(7-5-18)30-15-21-8-10-29-23(31-21)16-35(3,32)33/h4-8,10,12-13,30H,9,11,15-16H2,1-3H3. The smallest absolute Gasteiger partial charge is 0.155 e. The normalized spacial score (nSPS) is 11.7. The second kappa shape index (κ2) is 11.3. The molecule has 0 radical (unpaired) electrons. The van der Waals surface area contributed by atoms with E-state index in [9.17, 15) is 13.7 Å². The SMILES string of the molecule is CC(C)(c1ccc(NCc2ccnc(CS(C)(=O)=O)n2)cc1)c1cc(Cl)c(OCCCl)c(C#N)c1. The molecule has 0 aliphatic heterocycles. The molecule has 10 heteroatoms. The molecule has 3 aromatic rings. The number of ether oxygens (including phenoxy) is 1. The van der Waals surface area contributed by atoms with Gasteiger partial charge in [0.2, 0.25) is 0 Å². The van der Waals surface area contributed by atoms with E-state index >= 15 is 0 Å². The Morgan fingerprint density at radius 2 is 1.86 bits per heavy atom. The number of alkyl halides is 1. The summed E-state index contributed by atoms with van der Waals surface area (Å²) in [6.07, 6.45) is 2.71. The van der Waals surface area contributed by atoms with E-state index in [4.69, 9.17) is 27.9 Å². The number of hydrogen-bond donors (Lipinski definition) is 1. The summed E-state index contributed by atoms with van der Waals surface area (Å²) in [7, 11) is -3.20. The number of hydrogen-bond acceptors (Lipinski definition) is 7. The predicted octanol–water partition coefficient (Wildman–Crippen LogP) is 5.10. The molecule has 184 valence electrons. The Bertz CT molecular complexity index is 1340. The van der Waals surface area contributed by atoms with E-state index in [-0.39, 0.29) is 18.2 Å². The number of sulfone groups is 1. The Balaban J connectivity index is 1.75. The molecular weight excluding hydrogens is 507 g/mol. The van der Waals surface area contributed by atoms with E-state index in [0.717, 1.165) is 23.1 Å². The fourth-order valence-corrected chi connectivity index (χ4v) is 4.49. The number of aromatic nitrogens is 2. The van der Waals surface area contributed by atoms with E-state index in [1.165, 1.54) is 0 Å². The number of anilines is 1. The van der Waals surface area contributed by atoms with Gasteiger partial charge < -0.3 is 10.1 Å². The molecule has 0 bridgehead atoms. The summed E-state index contributed by atoms with van der Waals surface area (Å²) >= 11 is 12.1. The van der Waals surface area contributed by atoms with Crippen LogP contribution in [-0.2, 0) is 27.5 Å². The van der Waals surface area contributed by atoms with E-state index in [1.807, 2.05) is 30.3 Å². The lowest BCUT2D eigenvalue weighted by molar-refractivity contribution is 0.341. The molecule has 0 saturated heterocycles. The lowest BCUT2D eigenvalue weighted by Crippen LogP contribution is -2.19. The van der Waals surface area contributed by atoms with Crippen LogP contribution in [0.25, 0.3) is 0 Å². The largest absolute Gasteiger partial charge is 0.489 e. The van der Waals surface area contributed by atoms with Crippen LogP contribution in [0.4, 0.5) is 5.69 Å². The molecule has 3 rings (SSSR count). The summed E-state index contributed by atoms with van der Waals surface area (Å²) in [5, 5.41) is 13.3. The van der Waals surface area contributed by atoms with Gasteiger partial charge in [-0.15, -0.1) is 11.6 Å². The Morgan fingerprint density at radius 3 is 2.49 bits per heavy atom. The van der Waals surface area contributed by atoms with Crippen molar-refractivity contribution >= 4 is 38.7 Å². The minimum absolute atomic E-state index is 0.192. The Kier molecular flexibility index (Phi) is 8.60. The van der Waals surface area contributed by atoms with Crippen LogP contribution in [0, 0.1) is 11.3 Å². The van der Waals surface area contributed by atoms with Crippen molar-refractivity contribution in [1.82, 2.24) is 9.97 Å². The molecule has 1 heterocycles. The lowest BCUT2D eigenvalue weighted by Gasteiger charge is -2.27. The summed E-state index contributed by atoms with van der Waals surface area (Å²) in [6, 6.07) is 15.5. The highest BCUT2D eigenvalue weighted by atomic mass is 35.5. The molecule has 0 aliphatic rings. The summed E-state index contributed by atoms with van der Waals surface area (Å²) in [5.74, 6) is 0.729. The van der Waals surface area contributed by atoms with Crippen LogP contribution in [0.2, 0.25) is 5.02 Å². The second-order valence-corrected chi connectivity index (χ2v) is 11.5. The lowest BCUT2D eigenvalue weighted by atomic mass is 9.77. The van der Waals surface area contributed by atoms with Gasteiger partial charge in [0.05, 0.1) is 28.7 Å². The van der Waals surface area contributed by atoms with Crippen molar-refractivity contribution < 1.29 is 13.2 Å². The number of rotatable bonds is 10. The Labute approximate surface area is 216 Å². The average molecular weight is 533 g/mol. The Hall–Kier alpha value is -2.86. The maximum atomic E-state index is 11.5. The molecule has 0 atom stereocenters. The molecule has 35 heavy (non-hydrogen) atoms. The van der Waals surface area contributed by atoms with Crippen LogP contribution < -0.4 is 10.1 Å². The topological polar surface area (TPSA) is 105 Å². The van der Waals surface area contributed by atoms with E-state index in [0.29, 0.717) is 34.5 Å². The maximum Gasteiger partial charge on any atom is 0.155 e. The van der Waals surface area contributed by atoms with Crippen LogP contribution in [0.15, 0.2) is 48.7 Å². The second-order valence-electron chi connectivity index (χ2n) is 8.57. The molecule has 2 aromatic carbocycles. The zero-order chi connectivity index (χ0) is 25.6. The highest BCUT2D eigenvalue weighted by Gasteiger charge is 2.26. The van der Waals surface area contributed by atoms with Gasteiger partial charge in [0.15, 0.2) is 15.6 Å².